The first-order chi connectivity index (χ1) is 10.1. The Morgan fingerprint density at radius 3 is 2.90 bits per heavy atom. The molecule has 0 bridgehead atoms. The zero-order valence-corrected chi connectivity index (χ0v) is 12.3. The summed E-state index contributed by atoms with van der Waals surface area (Å²) in [5.41, 5.74) is 2.07. The number of alkyl halides is 1. The molecule has 3 amide bonds. The van der Waals surface area contributed by atoms with Gasteiger partial charge in [0.15, 0.2) is 0 Å². The van der Waals surface area contributed by atoms with Crippen molar-refractivity contribution >= 4 is 34.4 Å². The summed E-state index contributed by atoms with van der Waals surface area (Å²) in [5.74, 6) is 0.0168. The van der Waals surface area contributed by atoms with Crippen LogP contribution >= 0.6 is 11.6 Å². The minimum Gasteiger partial charge on any atom is -0.497 e. The highest BCUT2D eigenvalue weighted by molar-refractivity contribution is 6.28. The van der Waals surface area contributed by atoms with Crippen molar-refractivity contribution in [2.75, 3.05) is 19.5 Å². The van der Waals surface area contributed by atoms with Crippen molar-refractivity contribution in [3.05, 3.63) is 30.0 Å². The van der Waals surface area contributed by atoms with Crippen LogP contribution in [0.2, 0.25) is 0 Å². The normalized spacial score (nSPS) is 10.4. The number of rotatable bonds is 5. The fourth-order valence-electron chi connectivity index (χ4n) is 2.01. The summed E-state index contributed by atoms with van der Waals surface area (Å²) in [5, 5.41) is 5.77. The zero-order valence-electron chi connectivity index (χ0n) is 11.5. The van der Waals surface area contributed by atoms with Crippen molar-refractivity contribution in [3.8, 4) is 5.75 Å². The van der Waals surface area contributed by atoms with Crippen LogP contribution < -0.4 is 15.4 Å². The predicted molar refractivity (Wildman–Crippen MR) is 80.8 cm³/mol. The Labute approximate surface area is 126 Å². The molecule has 0 atom stereocenters. The van der Waals surface area contributed by atoms with Gasteiger partial charge in [0, 0.05) is 23.6 Å². The van der Waals surface area contributed by atoms with Gasteiger partial charge >= 0.3 is 6.03 Å². The summed E-state index contributed by atoms with van der Waals surface area (Å²) in [4.78, 5) is 25.5. The van der Waals surface area contributed by atoms with E-state index >= 15 is 0 Å². The second-order valence-electron chi connectivity index (χ2n) is 4.41. The minimum atomic E-state index is -0.543. The standard InChI is InChI=1S/C14H16ClN3O3/c1-21-10-2-3-12-11(6-10)9(8-17-12)4-5-16-14(20)18-13(19)7-15/h2-3,6,8,17H,4-5,7H2,1H3,(H2,16,18,19,20). The molecule has 0 aliphatic carbocycles. The highest BCUT2D eigenvalue weighted by atomic mass is 35.5. The van der Waals surface area contributed by atoms with Crippen molar-refractivity contribution in [2.24, 2.45) is 0 Å². The van der Waals surface area contributed by atoms with Crippen LogP contribution in [0.15, 0.2) is 24.4 Å². The molecule has 1 aromatic heterocycles. The first kappa shape index (κ1) is 15.2. The summed E-state index contributed by atoms with van der Waals surface area (Å²) < 4.78 is 5.20. The Morgan fingerprint density at radius 1 is 1.38 bits per heavy atom. The Hall–Kier alpha value is -2.21. The fraction of sp³-hybridized carbons (Fsp3) is 0.286. The molecule has 0 spiro atoms. The molecule has 0 saturated heterocycles. The zero-order chi connectivity index (χ0) is 15.2. The lowest BCUT2D eigenvalue weighted by Crippen LogP contribution is -2.40. The number of hydrogen-bond acceptors (Lipinski definition) is 3. The summed E-state index contributed by atoms with van der Waals surface area (Å²) >= 11 is 5.30. The minimum absolute atomic E-state index is 0.240. The molecule has 0 fully saturated rings. The molecule has 0 saturated carbocycles. The van der Waals surface area contributed by atoms with Gasteiger partial charge in [-0.05, 0) is 30.2 Å². The van der Waals surface area contributed by atoms with Crippen LogP contribution in [0.5, 0.6) is 5.75 Å². The van der Waals surface area contributed by atoms with Gasteiger partial charge in [-0.25, -0.2) is 4.79 Å². The number of halogens is 1. The quantitative estimate of drug-likeness (QED) is 0.736. The van der Waals surface area contributed by atoms with E-state index in [0.717, 1.165) is 22.2 Å². The lowest BCUT2D eigenvalue weighted by atomic mass is 10.1. The number of amides is 3. The van der Waals surface area contributed by atoms with Crippen LogP contribution in [0, 0.1) is 0 Å². The van der Waals surface area contributed by atoms with Gasteiger partial charge in [0.1, 0.15) is 11.6 Å². The van der Waals surface area contributed by atoms with E-state index in [9.17, 15) is 9.59 Å². The van der Waals surface area contributed by atoms with E-state index in [-0.39, 0.29) is 5.88 Å². The highest BCUT2D eigenvalue weighted by Gasteiger charge is 2.08. The number of carbonyl (C=O) groups is 2. The van der Waals surface area contributed by atoms with Crippen LogP contribution in [0.25, 0.3) is 10.9 Å². The molecule has 21 heavy (non-hydrogen) atoms. The summed E-state index contributed by atoms with van der Waals surface area (Å²) in [6.45, 7) is 0.408. The first-order valence-electron chi connectivity index (χ1n) is 6.41. The molecule has 6 nitrogen and oxygen atoms in total. The molecule has 3 N–H and O–H groups in total. The number of urea groups is 1. The van der Waals surface area contributed by atoms with Crippen molar-refractivity contribution < 1.29 is 14.3 Å². The molecular formula is C14H16ClN3O3. The summed E-state index contributed by atoms with van der Waals surface area (Å²) in [6.07, 6.45) is 2.53. The number of hydrogen-bond donors (Lipinski definition) is 3. The molecule has 0 unspecified atom stereocenters. The number of carbonyl (C=O) groups excluding carboxylic acids is 2. The number of methoxy groups -OCH3 is 1. The second kappa shape index (κ2) is 6.99. The van der Waals surface area contributed by atoms with Crippen molar-refractivity contribution in [3.63, 3.8) is 0 Å². The van der Waals surface area contributed by atoms with Gasteiger partial charge in [0.2, 0.25) is 5.91 Å². The van der Waals surface area contributed by atoms with Crippen molar-refractivity contribution in [1.29, 1.82) is 0 Å². The smallest absolute Gasteiger partial charge is 0.321 e. The third-order valence-electron chi connectivity index (χ3n) is 3.03. The number of aromatic amines is 1. The van der Waals surface area contributed by atoms with E-state index in [1.54, 1.807) is 7.11 Å². The molecule has 7 heteroatoms. The van der Waals surface area contributed by atoms with Gasteiger partial charge in [-0.1, -0.05) is 0 Å². The monoisotopic (exact) mass is 309 g/mol. The van der Waals surface area contributed by atoms with Gasteiger partial charge in [0.05, 0.1) is 7.11 Å². The average molecular weight is 310 g/mol. The van der Waals surface area contributed by atoms with E-state index in [2.05, 4.69) is 15.6 Å². The van der Waals surface area contributed by atoms with E-state index in [1.807, 2.05) is 24.4 Å². The lowest BCUT2D eigenvalue weighted by Gasteiger charge is -2.05. The lowest BCUT2D eigenvalue weighted by molar-refractivity contribution is -0.117. The third kappa shape index (κ3) is 3.88. The van der Waals surface area contributed by atoms with Crippen LogP contribution in [0.4, 0.5) is 4.79 Å². The number of fused-ring (bicyclic) bond motifs is 1. The number of aromatic nitrogens is 1. The summed E-state index contributed by atoms with van der Waals surface area (Å²) in [7, 11) is 1.62. The number of nitrogens with one attached hydrogen (secondary N) is 3. The number of benzene rings is 1. The van der Waals surface area contributed by atoms with Gasteiger partial charge in [0.25, 0.3) is 0 Å². The molecule has 0 aliphatic heterocycles. The molecule has 1 heterocycles. The van der Waals surface area contributed by atoms with Gasteiger partial charge in [-0.3, -0.25) is 10.1 Å². The van der Waals surface area contributed by atoms with E-state index < -0.39 is 11.9 Å². The van der Waals surface area contributed by atoms with Gasteiger partial charge in [-0.2, -0.15) is 0 Å². The van der Waals surface area contributed by atoms with E-state index in [4.69, 9.17) is 16.3 Å². The van der Waals surface area contributed by atoms with Crippen LogP contribution in [-0.4, -0.2) is 36.5 Å². The summed E-state index contributed by atoms with van der Waals surface area (Å²) in [6, 6.07) is 5.22. The predicted octanol–water partition coefficient (Wildman–Crippen LogP) is 1.78. The maximum atomic E-state index is 11.4. The van der Waals surface area contributed by atoms with Crippen LogP contribution in [0.1, 0.15) is 5.56 Å². The van der Waals surface area contributed by atoms with E-state index in [1.165, 1.54) is 0 Å². The highest BCUT2D eigenvalue weighted by Crippen LogP contribution is 2.23. The number of ether oxygens (including phenoxy) is 1. The Morgan fingerprint density at radius 2 is 2.19 bits per heavy atom. The maximum Gasteiger partial charge on any atom is 0.321 e. The second-order valence-corrected chi connectivity index (χ2v) is 4.68. The van der Waals surface area contributed by atoms with Crippen LogP contribution in [-0.2, 0) is 11.2 Å². The largest absolute Gasteiger partial charge is 0.497 e. The molecule has 0 radical (unpaired) electrons. The molecule has 112 valence electrons. The maximum absolute atomic E-state index is 11.4. The molecule has 1 aromatic carbocycles. The van der Waals surface area contributed by atoms with Crippen molar-refractivity contribution in [1.82, 2.24) is 15.6 Å². The average Bonchev–Trinajstić information content (AvgIpc) is 2.89. The SMILES string of the molecule is COc1ccc2[nH]cc(CCNC(=O)NC(=O)CCl)c2c1. The number of H-pyrrole nitrogens is 1. The fourth-order valence-corrected chi connectivity index (χ4v) is 2.07. The number of imide groups is 1. The molecule has 2 aromatic rings. The molecule has 0 aliphatic rings. The third-order valence-corrected chi connectivity index (χ3v) is 3.27. The van der Waals surface area contributed by atoms with Crippen molar-refractivity contribution in [2.45, 2.75) is 6.42 Å². The van der Waals surface area contributed by atoms with E-state index in [0.29, 0.717) is 13.0 Å². The molecule has 2 rings (SSSR count). The first-order valence-corrected chi connectivity index (χ1v) is 6.95. The molecular weight excluding hydrogens is 294 g/mol. The van der Waals surface area contributed by atoms with Crippen LogP contribution in [0.3, 0.4) is 0 Å². The Kier molecular flexibility index (Phi) is 5.05. The van der Waals surface area contributed by atoms with Gasteiger partial charge < -0.3 is 15.0 Å². The van der Waals surface area contributed by atoms with Gasteiger partial charge in [-0.15, -0.1) is 11.6 Å². The topological polar surface area (TPSA) is 83.2 Å². The Bertz CT molecular complexity index is 654. The Balaban J connectivity index is 1.94.